The van der Waals surface area contributed by atoms with Crippen LogP contribution in [0.1, 0.15) is 80.1 Å². The van der Waals surface area contributed by atoms with Crippen LogP contribution >= 0.6 is 11.3 Å². The Bertz CT molecular complexity index is 1220. The Morgan fingerprint density at radius 1 is 1.15 bits per heavy atom. The number of H-pyrrole nitrogens is 1. The molecule has 5 nitrogen and oxygen atoms in total. The zero-order valence-corrected chi connectivity index (χ0v) is 20.1. The number of nitriles is 1. The van der Waals surface area contributed by atoms with Crippen LogP contribution in [0, 0.1) is 11.3 Å². The van der Waals surface area contributed by atoms with E-state index in [0.29, 0.717) is 16.8 Å². The Hall–Kier alpha value is -2.91. The molecule has 3 aromatic rings. The van der Waals surface area contributed by atoms with Crippen molar-refractivity contribution < 1.29 is 4.74 Å². The third kappa shape index (κ3) is 5.72. The predicted octanol–water partition coefficient (Wildman–Crippen LogP) is 6.67. The monoisotopic (exact) mass is 461 g/mol. The molecule has 1 aromatic carbocycles. The van der Waals surface area contributed by atoms with E-state index in [1.807, 2.05) is 24.3 Å². The predicted molar refractivity (Wildman–Crippen MR) is 136 cm³/mol. The van der Waals surface area contributed by atoms with E-state index < -0.39 is 0 Å². The largest absolute Gasteiger partial charge is 0.494 e. The van der Waals surface area contributed by atoms with Gasteiger partial charge in [0.2, 0.25) is 0 Å². The number of nitrogens with zero attached hydrogens (tertiary/aromatic N) is 2. The van der Waals surface area contributed by atoms with E-state index in [2.05, 4.69) is 23.0 Å². The first kappa shape index (κ1) is 23.3. The lowest BCUT2D eigenvalue weighted by molar-refractivity contribution is 0.304. The summed E-state index contributed by atoms with van der Waals surface area (Å²) in [7, 11) is 0. The first-order valence-electron chi connectivity index (χ1n) is 12.1. The molecule has 0 aliphatic heterocycles. The van der Waals surface area contributed by atoms with E-state index in [1.54, 1.807) is 17.4 Å². The molecule has 1 aliphatic rings. The zero-order valence-electron chi connectivity index (χ0n) is 19.3. The fourth-order valence-electron chi connectivity index (χ4n) is 4.34. The summed E-state index contributed by atoms with van der Waals surface area (Å²) < 4.78 is 5.84. The maximum atomic E-state index is 12.8. The number of allylic oxidation sites excluding steroid dienone is 1. The van der Waals surface area contributed by atoms with Crippen molar-refractivity contribution in [2.75, 3.05) is 6.61 Å². The smallest absolute Gasteiger partial charge is 0.260 e. The summed E-state index contributed by atoms with van der Waals surface area (Å²) in [4.78, 5) is 22.3. The summed E-state index contributed by atoms with van der Waals surface area (Å²) in [5, 5.41) is 10.5. The van der Waals surface area contributed by atoms with Gasteiger partial charge in [0.05, 0.1) is 17.6 Å². The maximum absolute atomic E-state index is 12.8. The van der Waals surface area contributed by atoms with Crippen molar-refractivity contribution in [3.63, 3.8) is 0 Å². The molecule has 0 atom stereocenters. The van der Waals surface area contributed by atoms with Crippen LogP contribution in [0.25, 0.3) is 21.9 Å². The van der Waals surface area contributed by atoms with Gasteiger partial charge in [0.1, 0.15) is 16.6 Å². The van der Waals surface area contributed by atoms with Crippen molar-refractivity contribution in [2.24, 2.45) is 0 Å². The third-order valence-electron chi connectivity index (χ3n) is 6.16. The maximum Gasteiger partial charge on any atom is 0.260 e. The van der Waals surface area contributed by atoms with Crippen molar-refractivity contribution in [1.82, 2.24) is 9.97 Å². The van der Waals surface area contributed by atoms with Gasteiger partial charge < -0.3 is 9.72 Å². The summed E-state index contributed by atoms with van der Waals surface area (Å²) in [6, 6.07) is 9.89. The van der Waals surface area contributed by atoms with Gasteiger partial charge in [-0.3, -0.25) is 4.79 Å². The molecule has 0 spiro atoms. The summed E-state index contributed by atoms with van der Waals surface area (Å²) in [5.74, 6) is 1.16. The second-order valence-electron chi connectivity index (χ2n) is 8.66. The first-order valence-corrected chi connectivity index (χ1v) is 12.9. The van der Waals surface area contributed by atoms with Crippen LogP contribution in [0.2, 0.25) is 0 Å². The van der Waals surface area contributed by atoms with Gasteiger partial charge in [0, 0.05) is 4.88 Å². The van der Waals surface area contributed by atoms with Gasteiger partial charge >= 0.3 is 0 Å². The van der Waals surface area contributed by atoms with E-state index in [9.17, 15) is 10.1 Å². The number of unbranched alkanes of at least 4 members (excludes halogenated alkanes) is 5. The minimum Gasteiger partial charge on any atom is -0.494 e. The lowest BCUT2D eigenvalue weighted by Gasteiger charge is -2.09. The number of rotatable bonds is 10. The number of nitrogens with one attached hydrogen (secondary N) is 1. The van der Waals surface area contributed by atoms with E-state index in [-0.39, 0.29) is 5.56 Å². The molecule has 0 fully saturated rings. The number of aromatic nitrogens is 2. The molecule has 0 unspecified atom stereocenters. The quantitative estimate of drug-likeness (QED) is 0.270. The molecular formula is C27H31N3O2S. The summed E-state index contributed by atoms with van der Waals surface area (Å²) in [5.41, 5.74) is 2.22. The van der Waals surface area contributed by atoms with Gasteiger partial charge in [-0.05, 0) is 61.4 Å². The molecule has 4 rings (SSSR count). The van der Waals surface area contributed by atoms with E-state index >= 15 is 0 Å². The number of benzene rings is 1. The number of hydrogen-bond donors (Lipinski definition) is 1. The van der Waals surface area contributed by atoms with Crippen LogP contribution in [0.15, 0.2) is 29.1 Å². The first-order chi connectivity index (χ1) is 16.2. The lowest BCUT2D eigenvalue weighted by Crippen LogP contribution is -2.12. The number of aromatic amines is 1. The molecule has 2 aromatic heterocycles. The normalized spacial score (nSPS) is 13.6. The van der Waals surface area contributed by atoms with Crippen molar-refractivity contribution in [2.45, 2.75) is 71.1 Å². The summed E-state index contributed by atoms with van der Waals surface area (Å²) in [6.07, 6.45) is 13.4. The fraction of sp³-hybridized carbons (Fsp3) is 0.444. The van der Waals surface area contributed by atoms with Crippen molar-refractivity contribution >= 4 is 33.2 Å². The third-order valence-corrected chi connectivity index (χ3v) is 7.34. The van der Waals surface area contributed by atoms with Crippen LogP contribution < -0.4 is 10.3 Å². The summed E-state index contributed by atoms with van der Waals surface area (Å²) in [6.45, 7) is 2.95. The van der Waals surface area contributed by atoms with Gasteiger partial charge in [0.15, 0.2) is 5.82 Å². The number of aryl methyl sites for hydroxylation is 2. The van der Waals surface area contributed by atoms with Gasteiger partial charge in [-0.15, -0.1) is 11.3 Å². The number of hydrogen-bond acceptors (Lipinski definition) is 5. The molecule has 0 radical (unpaired) electrons. The molecule has 0 saturated heterocycles. The highest BCUT2D eigenvalue weighted by Gasteiger charge is 2.20. The van der Waals surface area contributed by atoms with E-state index in [1.165, 1.54) is 37.0 Å². The zero-order chi connectivity index (χ0) is 23.0. The molecule has 1 N–H and O–H groups in total. The Morgan fingerprint density at radius 2 is 1.91 bits per heavy atom. The molecular weight excluding hydrogens is 430 g/mol. The molecule has 0 saturated carbocycles. The average Bonchev–Trinajstić information content (AvgIpc) is 3.22. The van der Waals surface area contributed by atoms with Crippen LogP contribution in [0.4, 0.5) is 0 Å². The van der Waals surface area contributed by atoms with Crippen LogP contribution in [-0.4, -0.2) is 16.6 Å². The molecule has 0 amide bonds. The Kier molecular flexibility index (Phi) is 7.96. The minimum atomic E-state index is -0.144. The molecule has 172 valence electrons. The number of fused-ring (bicyclic) bond motifs is 3. The van der Waals surface area contributed by atoms with Crippen molar-refractivity contribution in [3.8, 4) is 11.8 Å². The Balaban J connectivity index is 1.44. The lowest BCUT2D eigenvalue weighted by atomic mass is 9.97. The van der Waals surface area contributed by atoms with Crippen LogP contribution in [0.5, 0.6) is 5.75 Å². The highest BCUT2D eigenvalue weighted by Crippen LogP contribution is 2.34. The van der Waals surface area contributed by atoms with Gasteiger partial charge in [-0.2, -0.15) is 5.26 Å². The standard InChI is InChI=1S/C27H31N3O2S/c1-2-3-4-5-6-9-16-32-21-14-12-19(13-15-21)17-20(18-28)25-29-26(31)24-22-10-7-8-11-23(22)33-27(24)30-25/h12-15,17H,2-11,16H2,1H3,(H,29,30,31)/b20-17+. The molecule has 33 heavy (non-hydrogen) atoms. The number of thiophene rings is 1. The van der Waals surface area contributed by atoms with Crippen molar-refractivity contribution in [1.29, 1.82) is 5.26 Å². The van der Waals surface area contributed by atoms with E-state index in [0.717, 1.165) is 60.4 Å². The van der Waals surface area contributed by atoms with Crippen LogP contribution in [0.3, 0.4) is 0 Å². The molecule has 1 aliphatic carbocycles. The Labute approximate surface area is 199 Å². The molecule has 6 heteroatoms. The van der Waals surface area contributed by atoms with E-state index in [4.69, 9.17) is 4.74 Å². The van der Waals surface area contributed by atoms with Crippen molar-refractivity contribution in [3.05, 3.63) is 56.4 Å². The van der Waals surface area contributed by atoms with Gasteiger partial charge in [-0.1, -0.05) is 51.2 Å². The summed E-state index contributed by atoms with van der Waals surface area (Å²) >= 11 is 1.59. The highest BCUT2D eigenvalue weighted by molar-refractivity contribution is 7.18. The second kappa shape index (κ2) is 11.3. The minimum absolute atomic E-state index is 0.144. The fourth-order valence-corrected chi connectivity index (χ4v) is 5.61. The highest BCUT2D eigenvalue weighted by atomic mass is 32.1. The Morgan fingerprint density at radius 3 is 2.70 bits per heavy atom. The SMILES string of the molecule is CCCCCCCCOc1ccc(/C=C(\C#N)c2nc3sc4c(c3c(=O)[nH]2)CCCC4)cc1. The van der Waals surface area contributed by atoms with Gasteiger partial charge in [0.25, 0.3) is 5.56 Å². The average molecular weight is 462 g/mol. The second-order valence-corrected chi connectivity index (χ2v) is 9.74. The van der Waals surface area contributed by atoms with Crippen LogP contribution in [-0.2, 0) is 12.8 Å². The van der Waals surface area contributed by atoms with Gasteiger partial charge in [-0.25, -0.2) is 4.98 Å². The molecule has 0 bridgehead atoms. The topological polar surface area (TPSA) is 78.8 Å². The number of ether oxygens (including phenoxy) is 1. The molecule has 2 heterocycles.